The number of hydrogen-bond acceptors (Lipinski definition) is 5. The fourth-order valence-corrected chi connectivity index (χ4v) is 2.66. The second kappa shape index (κ2) is 5.36. The van der Waals surface area contributed by atoms with Crippen molar-refractivity contribution in [3.63, 3.8) is 0 Å². The molecule has 108 valence electrons. The highest BCUT2D eigenvalue weighted by Gasteiger charge is 2.20. The molecular weight excluding hydrogens is 252 g/mol. The zero-order valence-electron chi connectivity index (χ0n) is 12.5. The monoisotopic (exact) mass is 274 g/mol. The average Bonchev–Trinajstić information content (AvgIpc) is 2.89. The smallest absolute Gasteiger partial charge is 0.203 e. The lowest BCUT2D eigenvalue weighted by molar-refractivity contribution is 0.312. The van der Waals surface area contributed by atoms with Gasteiger partial charge in [0, 0.05) is 38.1 Å². The molecule has 6 heteroatoms. The number of rotatable bonds is 3. The number of piperazine rings is 1. The van der Waals surface area contributed by atoms with Crippen LogP contribution in [-0.2, 0) is 6.42 Å². The number of aromatic nitrogens is 4. The molecule has 0 unspecified atom stereocenters. The average molecular weight is 274 g/mol. The Morgan fingerprint density at radius 2 is 1.95 bits per heavy atom. The first-order chi connectivity index (χ1) is 9.65. The van der Waals surface area contributed by atoms with Crippen molar-refractivity contribution in [2.75, 3.05) is 38.1 Å². The van der Waals surface area contributed by atoms with Gasteiger partial charge < -0.3 is 9.80 Å². The first-order valence-corrected chi connectivity index (χ1v) is 7.26. The molecule has 6 nitrogen and oxygen atoms in total. The van der Waals surface area contributed by atoms with Crippen LogP contribution in [0.5, 0.6) is 0 Å². The molecule has 1 aliphatic rings. The third kappa shape index (κ3) is 2.47. The van der Waals surface area contributed by atoms with E-state index in [0.717, 1.165) is 44.1 Å². The molecule has 0 aliphatic carbocycles. The van der Waals surface area contributed by atoms with Crippen LogP contribution in [0.1, 0.15) is 19.5 Å². The van der Waals surface area contributed by atoms with E-state index in [0.29, 0.717) is 5.92 Å². The summed E-state index contributed by atoms with van der Waals surface area (Å²) in [5.74, 6) is 1.56. The molecule has 0 radical (unpaired) electrons. The maximum atomic E-state index is 4.66. The summed E-state index contributed by atoms with van der Waals surface area (Å²) in [6.45, 7) is 8.55. The lowest BCUT2D eigenvalue weighted by Gasteiger charge is -2.33. The van der Waals surface area contributed by atoms with Crippen LogP contribution < -0.4 is 4.90 Å². The van der Waals surface area contributed by atoms with E-state index in [9.17, 15) is 0 Å². The largest absolute Gasteiger partial charge is 0.351 e. The van der Waals surface area contributed by atoms with Gasteiger partial charge >= 0.3 is 0 Å². The van der Waals surface area contributed by atoms with Crippen LogP contribution in [0.4, 0.5) is 5.82 Å². The van der Waals surface area contributed by atoms with Crippen molar-refractivity contribution in [1.29, 1.82) is 0 Å². The van der Waals surface area contributed by atoms with Crippen LogP contribution >= 0.6 is 0 Å². The summed E-state index contributed by atoms with van der Waals surface area (Å²) in [7, 11) is 2.16. The van der Waals surface area contributed by atoms with Gasteiger partial charge in [0.2, 0.25) is 5.65 Å². The second-order valence-electron chi connectivity index (χ2n) is 5.99. The van der Waals surface area contributed by atoms with Gasteiger partial charge in [-0.05, 0) is 19.4 Å². The van der Waals surface area contributed by atoms with Gasteiger partial charge in [0.1, 0.15) is 6.33 Å². The fourth-order valence-electron chi connectivity index (χ4n) is 2.66. The van der Waals surface area contributed by atoms with Crippen molar-refractivity contribution in [2.45, 2.75) is 20.3 Å². The molecule has 3 rings (SSSR count). The molecule has 2 aromatic rings. The van der Waals surface area contributed by atoms with Crippen molar-refractivity contribution < 1.29 is 0 Å². The Labute approximate surface area is 119 Å². The van der Waals surface area contributed by atoms with Crippen molar-refractivity contribution >= 4 is 11.5 Å². The van der Waals surface area contributed by atoms with E-state index < -0.39 is 0 Å². The van der Waals surface area contributed by atoms with E-state index >= 15 is 0 Å². The molecule has 0 atom stereocenters. The predicted molar refractivity (Wildman–Crippen MR) is 79.0 cm³/mol. The summed E-state index contributed by atoms with van der Waals surface area (Å²) in [6, 6.07) is 0. The quantitative estimate of drug-likeness (QED) is 0.838. The van der Waals surface area contributed by atoms with Gasteiger partial charge in [-0.2, -0.15) is 0 Å². The van der Waals surface area contributed by atoms with Crippen LogP contribution in [-0.4, -0.2) is 57.7 Å². The van der Waals surface area contributed by atoms with Crippen molar-refractivity contribution in [2.24, 2.45) is 5.92 Å². The van der Waals surface area contributed by atoms with Gasteiger partial charge in [-0.25, -0.2) is 4.98 Å². The molecule has 0 spiro atoms. The minimum absolute atomic E-state index is 0.594. The van der Waals surface area contributed by atoms with Crippen LogP contribution in [0.25, 0.3) is 5.65 Å². The molecule has 1 saturated heterocycles. The number of hydrogen-bond donors (Lipinski definition) is 0. The molecule has 0 bridgehead atoms. The minimum atomic E-state index is 0.594. The minimum Gasteiger partial charge on any atom is -0.351 e. The third-order valence-corrected chi connectivity index (χ3v) is 3.81. The molecule has 1 fully saturated rings. The van der Waals surface area contributed by atoms with E-state index in [1.54, 1.807) is 6.33 Å². The van der Waals surface area contributed by atoms with Gasteiger partial charge in [-0.15, -0.1) is 10.2 Å². The SMILES string of the molecule is CC(C)Cc1cnc(N2CCN(C)CC2)c2nncn12. The second-order valence-corrected chi connectivity index (χ2v) is 5.99. The molecule has 2 aromatic heterocycles. The lowest BCUT2D eigenvalue weighted by atomic mass is 10.1. The van der Waals surface area contributed by atoms with Gasteiger partial charge in [0.25, 0.3) is 0 Å². The maximum absolute atomic E-state index is 4.66. The van der Waals surface area contributed by atoms with Crippen LogP contribution in [0.2, 0.25) is 0 Å². The van der Waals surface area contributed by atoms with E-state index in [4.69, 9.17) is 0 Å². The Hall–Kier alpha value is -1.69. The highest BCUT2D eigenvalue weighted by Crippen LogP contribution is 2.20. The number of fused-ring (bicyclic) bond motifs is 1. The molecular formula is C14H22N6. The zero-order valence-corrected chi connectivity index (χ0v) is 12.5. The summed E-state index contributed by atoms with van der Waals surface area (Å²) in [4.78, 5) is 9.31. The maximum Gasteiger partial charge on any atom is 0.203 e. The summed E-state index contributed by atoms with van der Waals surface area (Å²) < 4.78 is 2.08. The van der Waals surface area contributed by atoms with Gasteiger partial charge in [-0.3, -0.25) is 4.40 Å². The van der Waals surface area contributed by atoms with Crippen LogP contribution in [0.3, 0.4) is 0 Å². The number of likely N-dealkylation sites (N-methyl/N-ethyl adjacent to an activating group) is 1. The Kier molecular flexibility index (Phi) is 3.56. The Morgan fingerprint density at radius 1 is 1.20 bits per heavy atom. The molecule has 0 aromatic carbocycles. The van der Waals surface area contributed by atoms with E-state index in [-0.39, 0.29) is 0 Å². The van der Waals surface area contributed by atoms with Crippen LogP contribution in [0, 0.1) is 5.92 Å². The topological polar surface area (TPSA) is 49.6 Å². The standard InChI is InChI=1S/C14H22N6/c1-11(2)8-12-9-15-13(14-17-16-10-20(12)14)19-6-4-18(3)5-7-19/h9-11H,4-8H2,1-3H3. The Bertz CT molecular complexity index is 582. The van der Waals surface area contributed by atoms with Gasteiger partial charge in [-0.1, -0.05) is 13.8 Å². The third-order valence-electron chi connectivity index (χ3n) is 3.81. The molecule has 20 heavy (non-hydrogen) atoms. The summed E-state index contributed by atoms with van der Waals surface area (Å²) in [6.07, 6.45) is 4.77. The van der Waals surface area contributed by atoms with Crippen molar-refractivity contribution in [3.05, 3.63) is 18.2 Å². The summed E-state index contributed by atoms with van der Waals surface area (Å²) >= 11 is 0. The molecule has 0 amide bonds. The fraction of sp³-hybridized carbons (Fsp3) is 0.643. The first kappa shape index (κ1) is 13.3. The highest BCUT2D eigenvalue weighted by molar-refractivity contribution is 5.64. The number of nitrogens with zero attached hydrogens (tertiary/aromatic N) is 6. The molecule has 0 saturated carbocycles. The lowest BCUT2D eigenvalue weighted by Crippen LogP contribution is -2.45. The zero-order chi connectivity index (χ0) is 14.1. The molecule has 3 heterocycles. The normalized spacial score (nSPS) is 17.3. The van der Waals surface area contributed by atoms with Gasteiger partial charge in [0.15, 0.2) is 5.82 Å². The predicted octanol–water partition coefficient (Wildman–Crippen LogP) is 1.07. The van der Waals surface area contributed by atoms with E-state index in [1.165, 1.54) is 5.69 Å². The van der Waals surface area contributed by atoms with E-state index in [1.807, 2.05) is 6.20 Å². The van der Waals surface area contributed by atoms with Crippen molar-refractivity contribution in [3.8, 4) is 0 Å². The van der Waals surface area contributed by atoms with Gasteiger partial charge in [0.05, 0.1) is 0 Å². The number of anilines is 1. The highest BCUT2D eigenvalue weighted by atomic mass is 15.3. The van der Waals surface area contributed by atoms with Crippen LogP contribution in [0.15, 0.2) is 12.5 Å². The molecule has 0 N–H and O–H groups in total. The molecule has 1 aliphatic heterocycles. The Morgan fingerprint density at radius 3 is 2.65 bits per heavy atom. The first-order valence-electron chi connectivity index (χ1n) is 7.26. The summed E-state index contributed by atoms with van der Waals surface area (Å²) in [5.41, 5.74) is 2.06. The van der Waals surface area contributed by atoms with Crippen molar-refractivity contribution in [1.82, 2.24) is 24.5 Å². The Balaban J connectivity index is 1.95. The van der Waals surface area contributed by atoms with E-state index in [2.05, 4.69) is 50.3 Å². The summed E-state index contributed by atoms with van der Waals surface area (Å²) in [5, 5.41) is 8.35.